The first-order valence-electron chi connectivity index (χ1n) is 46.2. The molecule has 0 bridgehead atoms. The lowest BCUT2D eigenvalue weighted by atomic mass is 9.33. The minimum atomic E-state index is -2.16. The van der Waals surface area contributed by atoms with Crippen molar-refractivity contribution in [3.8, 4) is 17.2 Å². The number of phenolic OH excluding ortho intramolecular Hbond substituents is 1. The Hall–Kier alpha value is -5.82. The molecule has 130 heavy (non-hydrogen) atoms. The average molecular weight is 1840 g/mol. The van der Waals surface area contributed by atoms with E-state index in [2.05, 4.69) is 60.6 Å². The van der Waals surface area contributed by atoms with Gasteiger partial charge in [0.25, 0.3) is 0 Å². The monoisotopic (exact) mass is 1840 g/mol. The average Bonchev–Trinajstić information content (AvgIpc) is 1.68. The van der Waals surface area contributed by atoms with Gasteiger partial charge in [0.2, 0.25) is 11.9 Å². The molecule has 34 heteroatoms. The minimum absolute atomic E-state index is 0.0407. The third-order valence-corrected chi connectivity index (χ3v) is 32.7. The standard InChI is InChI=1S/C58H94O25.C38H46O9/c1-23-44(80-47-40(69)34(63)27(60)21-74-47)38(67)42(71)48(76-23)79-33-13-14-55(7)30(54(33,5)6)12-15-56(8)31(55)11-10-25-26-18-53(3,4)16-17-58(26,32(62)19-57(25,56)9)52(73)83-51-46(35(64)28(61)22-75-51)82-49-43(72)39(68)45(24(2)77-49)81-50-41(70)37(66)36(65)29(20-59)78-50;1-21(2)11-10-18-36(8)19-17-24-29(39)28-30(40)26-12-9-13-27-35(6,7)47-37(34(43)44,20-16-23(5)33(41)42)38(26,27)46-32(28)25(31(24)45-36)15-14-22(3)4/h10,23-24,26-51,59-72H,11-22H2,1-9H3;11-12,14,16-17,19,27,39H,9-10,13,15,18,20H2,1-8H3,(H,41,42)(H,43,44). The Morgan fingerprint density at radius 3 is 1.80 bits per heavy atom. The number of hydrogen-bond acceptors (Lipinski definition) is 32. The van der Waals surface area contributed by atoms with Gasteiger partial charge in [-0.1, -0.05) is 95.6 Å². The Labute approximate surface area is 758 Å². The normalized spacial score (nSPS) is 45.5. The number of fused-ring (bicyclic) bond motifs is 9. The first-order valence-corrected chi connectivity index (χ1v) is 46.2. The van der Waals surface area contributed by atoms with E-state index < -0.39 is 241 Å². The van der Waals surface area contributed by atoms with Gasteiger partial charge in [0.1, 0.15) is 125 Å². The zero-order chi connectivity index (χ0) is 95.3. The van der Waals surface area contributed by atoms with Crippen LogP contribution in [0.5, 0.6) is 17.2 Å². The Balaban J connectivity index is 0.000000245. The number of ketones is 1. The Morgan fingerprint density at radius 2 is 1.18 bits per heavy atom. The fraction of sp³-hybridized carbons (Fsp3) is 0.771. The van der Waals surface area contributed by atoms with Crippen LogP contribution in [0.25, 0.3) is 6.08 Å². The van der Waals surface area contributed by atoms with Crippen LogP contribution in [0.3, 0.4) is 0 Å². The molecule has 14 aliphatic rings. The van der Waals surface area contributed by atoms with Crippen molar-refractivity contribution in [3.63, 3.8) is 0 Å². The van der Waals surface area contributed by atoms with Gasteiger partial charge in [-0.25, -0.2) is 9.59 Å². The van der Waals surface area contributed by atoms with Gasteiger partial charge >= 0.3 is 17.9 Å². The van der Waals surface area contributed by atoms with Gasteiger partial charge in [-0.05, 0) is 216 Å². The summed E-state index contributed by atoms with van der Waals surface area (Å²) in [7, 11) is 0. The van der Waals surface area contributed by atoms with Crippen molar-refractivity contribution < 1.29 is 168 Å². The molecule has 36 atom stereocenters. The summed E-state index contributed by atoms with van der Waals surface area (Å²) in [6.07, 6.45) is -16.1. The van der Waals surface area contributed by atoms with E-state index in [1.54, 1.807) is 32.9 Å². The molecule has 6 saturated heterocycles. The van der Waals surface area contributed by atoms with Gasteiger partial charge in [-0.15, -0.1) is 0 Å². The number of rotatable bonds is 20. The topological polar surface area (TPSA) is 532 Å². The van der Waals surface area contributed by atoms with E-state index in [0.29, 0.717) is 68.2 Å². The molecule has 0 radical (unpaired) electrons. The van der Waals surface area contributed by atoms with Crippen molar-refractivity contribution >= 4 is 29.8 Å². The number of allylic oxidation sites excluding steroid dienone is 7. The molecule has 728 valence electrons. The Morgan fingerprint density at radius 1 is 0.585 bits per heavy atom. The lowest BCUT2D eigenvalue weighted by Gasteiger charge is -2.71. The number of carboxylic acids is 2. The second-order valence-corrected chi connectivity index (χ2v) is 42.7. The molecule has 36 unspecified atom stereocenters. The molecule has 8 heterocycles. The number of aliphatic carboxylic acids is 2. The molecular weight excluding hydrogens is 1700 g/mol. The number of aromatic hydroxyl groups is 1. The van der Waals surface area contributed by atoms with E-state index in [4.69, 9.17) is 61.6 Å². The fourth-order valence-corrected chi connectivity index (χ4v) is 25.1. The van der Waals surface area contributed by atoms with E-state index in [-0.39, 0.29) is 82.2 Å². The molecule has 4 saturated carbocycles. The first-order chi connectivity index (χ1) is 60.7. The van der Waals surface area contributed by atoms with Crippen LogP contribution in [0.15, 0.2) is 64.3 Å². The molecule has 0 aromatic heterocycles. The highest BCUT2D eigenvalue weighted by Gasteiger charge is 2.79. The molecule has 15 rings (SSSR count). The number of aliphatic hydroxyl groups excluding tert-OH is 14. The van der Waals surface area contributed by atoms with Crippen molar-refractivity contribution in [2.24, 2.45) is 56.2 Å². The van der Waals surface area contributed by atoms with Crippen LogP contribution in [0.1, 0.15) is 229 Å². The smallest absolute Gasteiger partial charge is 0.340 e. The largest absolute Gasteiger partial charge is 0.506 e. The van der Waals surface area contributed by atoms with Crippen LogP contribution in [-0.4, -0.2) is 306 Å². The quantitative estimate of drug-likeness (QED) is 0.0326. The van der Waals surface area contributed by atoms with E-state index in [1.165, 1.54) is 25.5 Å². The summed E-state index contributed by atoms with van der Waals surface area (Å²) in [5, 5.41) is 185. The molecule has 34 nitrogen and oxygen atoms in total. The number of hydrogen-bond donors (Lipinski definition) is 17. The summed E-state index contributed by atoms with van der Waals surface area (Å²) in [5.74, 6) is -4.53. The van der Waals surface area contributed by atoms with Crippen molar-refractivity contribution in [3.05, 3.63) is 81.0 Å². The number of ether oxygens (including phenoxy) is 13. The SMILES string of the molecule is CC(C)=CCCC1(C)C=Cc2c(O)c3c(c(CC=C(C)C)c2O1)OC12C(=CCCC1C(C)(C)OC2(CC=C(C)C(=O)O)C(=O)O)C3=O.CC1OC(OC2CCC3(C)C(CCC4(C)C3CC=C3C5CC(C)(C)CCC5(C(=O)OC5OCC(O)C(O)C5OC5OC(C)C(OC6OC(CO)C(O)C(O)C6O)C(O)C5O)C(O)CC34C)C2(C)C)C(O)C(O)C1OC1OCC(O)C(O)C1O. The van der Waals surface area contributed by atoms with Crippen LogP contribution < -0.4 is 9.47 Å². The molecular formula is C96H140O34. The van der Waals surface area contributed by atoms with Gasteiger partial charge in [-0.3, -0.25) is 9.59 Å². The maximum Gasteiger partial charge on any atom is 0.340 e. The Bertz CT molecular complexity index is 4580. The second kappa shape index (κ2) is 36.6. The number of carboxylic acid groups (broad SMARTS) is 2. The second-order valence-electron chi connectivity index (χ2n) is 42.7. The molecule has 1 spiro atoms. The summed E-state index contributed by atoms with van der Waals surface area (Å²) < 4.78 is 79.9. The van der Waals surface area contributed by atoms with Crippen LogP contribution in [0.4, 0.5) is 0 Å². The molecule has 6 aliphatic carbocycles. The number of benzene rings is 1. The number of phenols is 1. The highest BCUT2D eigenvalue weighted by molar-refractivity contribution is 6.17. The van der Waals surface area contributed by atoms with E-state index in [1.807, 2.05) is 46.8 Å². The lowest BCUT2D eigenvalue weighted by Crippen LogP contribution is -2.68. The lowest BCUT2D eigenvalue weighted by molar-refractivity contribution is -0.374. The zero-order valence-electron chi connectivity index (χ0n) is 77.6. The number of aliphatic hydroxyl groups is 14. The molecule has 10 fully saturated rings. The molecule has 0 amide bonds. The van der Waals surface area contributed by atoms with Crippen LogP contribution in [-0.2, 0) is 72.9 Å². The van der Waals surface area contributed by atoms with E-state index >= 15 is 4.79 Å². The van der Waals surface area contributed by atoms with Gasteiger partial charge in [0, 0.05) is 29.0 Å². The predicted octanol–water partition coefficient (Wildman–Crippen LogP) is 5.61. The highest BCUT2D eigenvalue weighted by atomic mass is 16.8. The molecule has 17 N–H and O–H groups in total. The number of carbonyl (C=O) groups excluding carboxylic acids is 2. The van der Waals surface area contributed by atoms with Crippen LogP contribution >= 0.6 is 0 Å². The third kappa shape index (κ3) is 16.9. The predicted molar refractivity (Wildman–Crippen MR) is 460 cm³/mol. The summed E-state index contributed by atoms with van der Waals surface area (Å²) in [4.78, 5) is 55.4. The van der Waals surface area contributed by atoms with Crippen molar-refractivity contribution in [2.75, 3.05) is 19.8 Å². The van der Waals surface area contributed by atoms with E-state index in [0.717, 1.165) is 36.8 Å². The van der Waals surface area contributed by atoms with Gasteiger partial charge in [-0.2, -0.15) is 0 Å². The number of carbonyl (C=O) groups is 4. The van der Waals surface area contributed by atoms with Crippen LogP contribution in [0, 0.1) is 56.2 Å². The first kappa shape index (κ1) is 100. The Kier molecular flexibility index (Phi) is 28.2. The van der Waals surface area contributed by atoms with Crippen molar-refractivity contribution in [2.45, 2.75) is 390 Å². The van der Waals surface area contributed by atoms with E-state index in [9.17, 15) is 101 Å². The van der Waals surface area contributed by atoms with Crippen molar-refractivity contribution in [1.29, 1.82) is 0 Å². The third-order valence-electron chi connectivity index (χ3n) is 32.7. The maximum atomic E-state index is 15.4. The molecule has 1 aromatic carbocycles. The van der Waals surface area contributed by atoms with Gasteiger partial charge in [0.05, 0.1) is 55.4 Å². The maximum absolute atomic E-state index is 15.4. The number of esters is 1. The fourth-order valence-electron chi connectivity index (χ4n) is 25.1. The van der Waals surface area contributed by atoms with Crippen molar-refractivity contribution in [1.82, 2.24) is 0 Å². The minimum Gasteiger partial charge on any atom is -0.506 e. The summed E-state index contributed by atoms with van der Waals surface area (Å²) >= 11 is 0. The molecule has 1 aromatic rings. The van der Waals surface area contributed by atoms with Gasteiger partial charge < -0.3 is 148 Å². The molecule has 8 aliphatic heterocycles. The summed E-state index contributed by atoms with van der Waals surface area (Å²) in [5.41, 5.74) is -4.94. The highest BCUT2D eigenvalue weighted by Crippen LogP contribution is 2.77. The van der Waals surface area contributed by atoms with Crippen LogP contribution in [0.2, 0.25) is 0 Å². The van der Waals surface area contributed by atoms with Gasteiger partial charge in [0.15, 0.2) is 42.6 Å². The summed E-state index contributed by atoms with van der Waals surface area (Å²) in [6.45, 7) is 32.1. The summed E-state index contributed by atoms with van der Waals surface area (Å²) in [6, 6.07) is 0. The number of Topliss-reactive ketones (excluding diaryl/α,β-unsaturated/α-hetero) is 1. The zero-order valence-corrected chi connectivity index (χ0v) is 77.6.